The highest BCUT2D eigenvalue weighted by molar-refractivity contribution is 6.32. The predicted molar refractivity (Wildman–Crippen MR) is 68.2 cm³/mol. The average Bonchev–Trinajstić information content (AvgIpc) is 2.28. The van der Waals surface area contributed by atoms with Crippen molar-refractivity contribution in [3.05, 3.63) is 40.7 Å². The van der Waals surface area contributed by atoms with E-state index in [1.54, 1.807) is 6.07 Å². The summed E-state index contributed by atoms with van der Waals surface area (Å²) in [6.07, 6.45) is 5.93. The first kappa shape index (κ1) is 13.2. The minimum absolute atomic E-state index is 0.256. The Bertz CT molecular complexity index is 350. The van der Waals surface area contributed by atoms with Crippen molar-refractivity contribution in [3.63, 3.8) is 0 Å². The van der Waals surface area contributed by atoms with Crippen LogP contribution in [0.25, 0.3) is 6.08 Å². The van der Waals surface area contributed by atoms with Gasteiger partial charge >= 0.3 is 0 Å². The fraction of sp³-hybridized carbons (Fsp3) is 0.385. The standard InChI is InChI=1S/C13H17ClFN/c1-2-8-16-9-4-3-5-11-10-12(15)6-7-13(11)14/h3,5-7,10,16H,2,4,8-9H2,1H3/b5-3+. The van der Waals surface area contributed by atoms with E-state index >= 15 is 0 Å². The Morgan fingerprint density at radius 3 is 2.94 bits per heavy atom. The molecule has 0 saturated heterocycles. The Hall–Kier alpha value is -0.860. The fourth-order valence-electron chi connectivity index (χ4n) is 1.34. The van der Waals surface area contributed by atoms with Crippen molar-refractivity contribution >= 4 is 17.7 Å². The number of nitrogens with one attached hydrogen (secondary N) is 1. The molecule has 0 aliphatic carbocycles. The molecule has 3 heteroatoms. The van der Waals surface area contributed by atoms with Crippen LogP contribution >= 0.6 is 11.6 Å². The smallest absolute Gasteiger partial charge is 0.123 e. The van der Waals surface area contributed by atoms with Crippen molar-refractivity contribution < 1.29 is 4.39 Å². The van der Waals surface area contributed by atoms with E-state index in [9.17, 15) is 4.39 Å². The van der Waals surface area contributed by atoms with Crippen LogP contribution in [0.1, 0.15) is 25.3 Å². The lowest BCUT2D eigenvalue weighted by Gasteiger charge is -2.00. The van der Waals surface area contributed by atoms with E-state index in [2.05, 4.69) is 12.2 Å². The third-order valence-corrected chi connectivity index (χ3v) is 2.51. The summed E-state index contributed by atoms with van der Waals surface area (Å²) in [6.45, 7) is 4.11. The van der Waals surface area contributed by atoms with Gasteiger partial charge in [0.05, 0.1) is 0 Å². The summed E-state index contributed by atoms with van der Waals surface area (Å²) in [7, 11) is 0. The molecular weight excluding hydrogens is 225 g/mol. The van der Waals surface area contributed by atoms with E-state index in [4.69, 9.17) is 11.6 Å². The summed E-state index contributed by atoms with van der Waals surface area (Å²) in [5.41, 5.74) is 0.733. The van der Waals surface area contributed by atoms with Gasteiger partial charge in [0, 0.05) is 5.02 Å². The summed E-state index contributed by atoms with van der Waals surface area (Å²) in [6, 6.07) is 4.38. The summed E-state index contributed by atoms with van der Waals surface area (Å²) in [5.74, 6) is -0.256. The van der Waals surface area contributed by atoms with E-state index in [-0.39, 0.29) is 5.82 Å². The maximum absolute atomic E-state index is 12.9. The molecule has 0 aliphatic heterocycles. The molecule has 0 fully saturated rings. The third-order valence-electron chi connectivity index (χ3n) is 2.17. The van der Waals surface area contributed by atoms with Gasteiger partial charge in [0.2, 0.25) is 0 Å². The molecule has 0 saturated carbocycles. The van der Waals surface area contributed by atoms with Crippen LogP contribution in [0.5, 0.6) is 0 Å². The summed E-state index contributed by atoms with van der Waals surface area (Å²) in [5, 5.41) is 3.87. The van der Waals surface area contributed by atoms with Gasteiger partial charge in [0.15, 0.2) is 0 Å². The van der Waals surface area contributed by atoms with Crippen molar-refractivity contribution in [3.8, 4) is 0 Å². The van der Waals surface area contributed by atoms with E-state index < -0.39 is 0 Å². The highest BCUT2D eigenvalue weighted by Gasteiger charge is 1.97. The van der Waals surface area contributed by atoms with E-state index in [0.717, 1.165) is 31.5 Å². The number of hydrogen-bond donors (Lipinski definition) is 1. The zero-order valence-electron chi connectivity index (χ0n) is 9.47. The SMILES string of the molecule is CCCNCC/C=C/c1cc(F)ccc1Cl. The second-order valence-corrected chi connectivity index (χ2v) is 4.01. The third kappa shape index (κ3) is 4.77. The molecule has 88 valence electrons. The maximum atomic E-state index is 12.9. The van der Waals surface area contributed by atoms with Gasteiger partial charge in [0.1, 0.15) is 5.82 Å². The van der Waals surface area contributed by atoms with Gasteiger partial charge < -0.3 is 5.32 Å². The van der Waals surface area contributed by atoms with Crippen LogP contribution in [0, 0.1) is 5.82 Å². The van der Waals surface area contributed by atoms with Gasteiger partial charge in [-0.15, -0.1) is 0 Å². The Kier molecular flexibility index (Phi) is 6.12. The quantitative estimate of drug-likeness (QED) is 0.746. The molecule has 0 radical (unpaired) electrons. The molecule has 0 heterocycles. The van der Waals surface area contributed by atoms with Crippen LogP contribution < -0.4 is 5.32 Å². The predicted octanol–water partition coefficient (Wildman–Crippen LogP) is 3.88. The van der Waals surface area contributed by atoms with E-state index in [1.165, 1.54) is 12.1 Å². The minimum atomic E-state index is -0.256. The summed E-state index contributed by atoms with van der Waals surface area (Å²) >= 11 is 5.93. The van der Waals surface area contributed by atoms with Crippen LogP contribution in [-0.2, 0) is 0 Å². The number of benzene rings is 1. The molecule has 1 rings (SSSR count). The maximum Gasteiger partial charge on any atom is 0.123 e. The fourth-order valence-corrected chi connectivity index (χ4v) is 1.52. The Balaban J connectivity index is 2.40. The van der Waals surface area contributed by atoms with Crippen LogP contribution in [0.4, 0.5) is 4.39 Å². The average molecular weight is 242 g/mol. The van der Waals surface area contributed by atoms with Gasteiger partial charge in [0.25, 0.3) is 0 Å². The first-order valence-corrected chi connectivity index (χ1v) is 5.94. The van der Waals surface area contributed by atoms with Gasteiger partial charge in [-0.05, 0) is 49.7 Å². The number of hydrogen-bond acceptors (Lipinski definition) is 1. The minimum Gasteiger partial charge on any atom is -0.316 e. The molecule has 1 nitrogen and oxygen atoms in total. The molecule has 1 N–H and O–H groups in total. The van der Waals surface area contributed by atoms with Crippen LogP contribution in [0.3, 0.4) is 0 Å². The lowest BCUT2D eigenvalue weighted by molar-refractivity contribution is 0.627. The largest absolute Gasteiger partial charge is 0.316 e. The van der Waals surface area contributed by atoms with Crippen LogP contribution in [0.2, 0.25) is 5.02 Å². The van der Waals surface area contributed by atoms with Crippen LogP contribution in [0.15, 0.2) is 24.3 Å². The van der Waals surface area contributed by atoms with Gasteiger partial charge in [-0.25, -0.2) is 4.39 Å². The summed E-state index contributed by atoms with van der Waals surface area (Å²) in [4.78, 5) is 0. The molecule has 0 aromatic heterocycles. The zero-order chi connectivity index (χ0) is 11.8. The molecule has 16 heavy (non-hydrogen) atoms. The number of rotatable bonds is 6. The molecule has 0 unspecified atom stereocenters. The van der Waals surface area contributed by atoms with Gasteiger partial charge in [-0.1, -0.05) is 30.7 Å². The Morgan fingerprint density at radius 2 is 2.19 bits per heavy atom. The molecule has 0 amide bonds. The topological polar surface area (TPSA) is 12.0 Å². The molecule has 0 atom stereocenters. The van der Waals surface area contributed by atoms with Crippen molar-refractivity contribution in [2.75, 3.05) is 13.1 Å². The van der Waals surface area contributed by atoms with Crippen molar-refractivity contribution in [2.24, 2.45) is 0 Å². The highest BCUT2D eigenvalue weighted by atomic mass is 35.5. The Labute approximate surface area is 101 Å². The molecule has 0 spiro atoms. The van der Waals surface area contributed by atoms with Crippen molar-refractivity contribution in [1.29, 1.82) is 0 Å². The van der Waals surface area contributed by atoms with Crippen molar-refractivity contribution in [1.82, 2.24) is 5.32 Å². The molecule has 0 bridgehead atoms. The van der Waals surface area contributed by atoms with Crippen molar-refractivity contribution in [2.45, 2.75) is 19.8 Å². The zero-order valence-corrected chi connectivity index (χ0v) is 10.2. The molecule has 1 aromatic rings. The van der Waals surface area contributed by atoms with Crippen LogP contribution in [-0.4, -0.2) is 13.1 Å². The lowest BCUT2D eigenvalue weighted by atomic mass is 10.2. The normalized spacial score (nSPS) is 11.2. The highest BCUT2D eigenvalue weighted by Crippen LogP contribution is 2.18. The Morgan fingerprint density at radius 1 is 1.38 bits per heavy atom. The molecule has 1 aromatic carbocycles. The monoisotopic (exact) mass is 241 g/mol. The van der Waals surface area contributed by atoms with E-state index in [1.807, 2.05) is 12.2 Å². The molecular formula is C13H17ClFN. The van der Waals surface area contributed by atoms with Gasteiger partial charge in [-0.3, -0.25) is 0 Å². The summed E-state index contributed by atoms with van der Waals surface area (Å²) < 4.78 is 12.9. The number of halogens is 2. The first-order valence-electron chi connectivity index (χ1n) is 5.56. The lowest BCUT2D eigenvalue weighted by Crippen LogP contribution is -2.14. The molecule has 0 aliphatic rings. The second-order valence-electron chi connectivity index (χ2n) is 3.61. The van der Waals surface area contributed by atoms with Gasteiger partial charge in [-0.2, -0.15) is 0 Å². The van der Waals surface area contributed by atoms with E-state index in [0.29, 0.717) is 5.02 Å². The second kappa shape index (κ2) is 7.42. The first-order chi connectivity index (χ1) is 7.74.